The Kier molecular flexibility index (Phi) is 4.58. The predicted molar refractivity (Wildman–Crippen MR) is 87.6 cm³/mol. The lowest BCUT2D eigenvalue weighted by molar-refractivity contribution is 0.102. The molecule has 7 heteroatoms. The standard InChI is InChI=1S/C16H14N4O2S/c1-11-5-7-12(8-6-11)22-10-14-19-20-16(23-14)18-15(21)13-4-2-3-9-17-13/h2-9H,10H2,1H3,(H,18,20,21). The molecule has 0 saturated heterocycles. The van der Waals surface area contributed by atoms with Crippen molar-refractivity contribution in [2.75, 3.05) is 5.32 Å². The number of carbonyl (C=O) groups is 1. The highest BCUT2D eigenvalue weighted by molar-refractivity contribution is 7.15. The molecule has 0 unspecified atom stereocenters. The average molecular weight is 326 g/mol. The van der Waals surface area contributed by atoms with Crippen molar-refractivity contribution in [2.24, 2.45) is 0 Å². The van der Waals surface area contributed by atoms with E-state index in [0.29, 0.717) is 22.4 Å². The van der Waals surface area contributed by atoms with Gasteiger partial charge in [0, 0.05) is 6.20 Å². The largest absolute Gasteiger partial charge is 0.486 e. The summed E-state index contributed by atoms with van der Waals surface area (Å²) >= 11 is 1.27. The number of amides is 1. The molecule has 0 atom stereocenters. The van der Waals surface area contributed by atoms with Crippen LogP contribution < -0.4 is 10.1 Å². The zero-order valence-corrected chi connectivity index (χ0v) is 13.2. The Morgan fingerprint density at radius 1 is 1.17 bits per heavy atom. The average Bonchev–Trinajstić information content (AvgIpc) is 3.02. The summed E-state index contributed by atoms with van der Waals surface area (Å²) in [4.78, 5) is 16.0. The minimum atomic E-state index is -0.312. The van der Waals surface area contributed by atoms with Crippen molar-refractivity contribution in [3.05, 3.63) is 64.9 Å². The molecule has 0 aliphatic carbocycles. The van der Waals surface area contributed by atoms with Crippen LogP contribution in [0.25, 0.3) is 0 Å². The summed E-state index contributed by atoms with van der Waals surface area (Å²) in [5.74, 6) is 0.456. The third kappa shape index (κ3) is 4.10. The zero-order valence-electron chi connectivity index (χ0n) is 12.4. The van der Waals surface area contributed by atoms with Crippen LogP contribution in [0.3, 0.4) is 0 Å². The minimum Gasteiger partial charge on any atom is -0.486 e. The number of aryl methyl sites for hydroxylation is 1. The number of hydrogen-bond acceptors (Lipinski definition) is 6. The number of rotatable bonds is 5. The number of pyridine rings is 1. The Balaban J connectivity index is 1.57. The quantitative estimate of drug-likeness (QED) is 0.779. The first-order valence-corrected chi connectivity index (χ1v) is 7.76. The molecule has 0 aliphatic heterocycles. The van der Waals surface area contributed by atoms with Crippen LogP contribution in [0, 0.1) is 6.92 Å². The van der Waals surface area contributed by atoms with E-state index in [1.54, 1.807) is 24.4 Å². The molecule has 0 fully saturated rings. The van der Waals surface area contributed by atoms with Gasteiger partial charge in [-0.05, 0) is 31.2 Å². The summed E-state index contributed by atoms with van der Waals surface area (Å²) in [6, 6.07) is 12.9. The molecule has 0 saturated carbocycles. The van der Waals surface area contributed by atoms with Gasteiger partial charge in [-0.1, -0.05) is 35.1 Å². The van der Waals surface area contributed by atoms with E-state index >= 15 is 0 Å². The van der Waals surface area contributed by atoms with E-state index in [9.17, 15) is 4.79 Å². The van der Waals surface area contributed by atoms with Crippen molar-refractivity contribution in [1.82, 2.24) is 15.2 Å². The van der Waals surface area contributed by atoms with Gasteiger partial charge in [-0.15, -0.1) is 10.2 Å². The summed E-state index contributed by atoms with van der Waals surface area (Å²) in [7, 11) is 0. The lowest BCUT2D eigenvalue weighted by Crippen LogP contribution is -2.13. The van der Waals surface area contributed by atoms with Gasteiger partial charge in [0.25, 0.3) is 5.91 Å². The van der Waals surface area contributed by atoms with Crippen LogP contribution in [0.4, 0.5) is 5.13 Å². The Morgan fingerprint density at radius 3 is 2.74 bits per heavy atom. The summed E-state index contributed by atoms with van der Waals surface area (Å²) in [5.41, 5.74) is 1.51. The fraction of sp³-hybridized carbons (Fsp3) is 0.125. The highest BCUT2D eigenvalue weighted by Crippen LogP contribution is 2.19. The third-order valence-corrected chi connectivity index (χ3v) is 3.78. The van der Waals surface area contributed by atoms with Crippen LogP contribution in [-0.4, -0.2) is 21.1 Å². The van der Waals surface area contributed by atoms with Crippen LogP contribution in [0.1, 0.15) is 21.1 Å². The van der Waals surface area contributed by atoms with Gasteiger partial charge in [-0.3, -0.25) is 15.1 Å². The molecule has 23 heavy (non-hydrogen) atoms. The summed E-state index contributed by atoms with van der Waals surface area (Å²) in [5, 5.41) is 11.7. The smallest absolute Gasteiger partial charge is 0.276 e. The SMILES string of the molecule is Cc1ccc(OCc2nnc(NC(=O)c3ccccn3)s2)cc1. The maximum Gasteiger partial charge on any atom is 0.276 e. The first-order valence-electron chi connectivity index (χ1n) is 6.95. The number of aromatic nitrogens is 3. The highest BCUT2D eigenvalue weighted by atomic mass is 32.1. The molecule has 2 heterocycles. The highest BCUT2D eigenvalue weighted by Gasteiger charge is 2.11. The van der Waals surface area contributed by atoms with E-state index in [1.807, 2.05) is 31.2 Å². The van der Waals surface area contributed by atoms with Gasteiger partial charge in [0.05, 0.1) is 0 Å². The molecule has 1 N–H and O–H groups in total. The Labute approximate surface area is 137 Å². The second-order valence-corrected chi connectivity index (χ2v) is 5.83. The lowest BCUT2D eigenvalue weighted by atomic mass is 10.2. The molecule has 116 valence electrons. The lowest BCUT2D eigenvalue weighted by Gasteiger charge is -2.03. The maximum absolute atomic E-state index is 12.0. The van der Waals surface area contributed by atoms with Crippen LogP contribution in [0.5, 0.6) is 5.75 Å². The first kappa shape index (κ1) is 15.1. The molecule has 1 aromatic carbocycles. The summed E-state index contributed by atoms with van der Waals surface area (Å²) < 4.78 is 5.63. The number of carbonyl (C=O) groups excluding carboxylic acids is 1. The van der Waals surface area contributed by atoms with Crippen molar-refractivity contribution >= 4 is 22.4 Å². The Morgan fingerprint density at radius 2 is 2.00 bits per heavy atom. The fourth-order valence-corrected chi connectivity index (χ4v) is 2.45. The Hall–Kier alpha value is -2.80. The molecular weight excluding hydrogens is 312 g/mol. The van der Waals surface area contributed by atoms with Crippen molar-refractivity contribution in [2.45, 2.75) is 13.5 Å². The van der Waals surface area contributed by atoms with E-state index in [2.05, 4.69) is 20.5 Å². The number of ether oxygens (including phenoxy) is 1. The van der Waals surface area contributed by atoms with Crippen molar-refractivity contribution < 1.29 is 9.53 Å². The van der Waals surface area contributed by atoms with Gasteiger partial charge < -0.3 is 4.74 Å². The molecule has 6 nitrogen and oxygen atoms in total. The summed E-state index contributed by atoms with van der Waals surface area (Å²) in [6.45, 7) is 2.32. The molecule has 0 bridgehead atoms. The van der Waals surface area contributed by atoms with Gasteiger partial charge in [0.2, 0.25) is 5.13 Å². The van der Waals surface area contributed by atoms with E-state index in [0.717, 1.165) is 5.75 Å². The van der Waals surface area contributed by atoms with Gasteiger partial charge in [-0.25, -0.2) is 0 Å². The molecule has 0 radical (unpaired) electrons. The number of nitrogens with one attached hydrogen (secondary N) is 1. The molecule has 2 aromatic heterocycles. The molecule has 3 aromatic rings. The van der Waals surface area contributed by atoms with Gasteiger partial charge in [0.15, 0.2) is 5.01 Å². The molecule has 0 aliphatic rings. The van der Waals surface area contributed by atoms with Gasteiger partial charge >= 0.3 is 0 Å². The summed E-state index contributed by atoms with van der Waals surface area (Å²) in [6.07, 6.45) is 1.57. The van der Waals surface area contributed by atoms with Crippen LogP contribution in [0.2, 0.25) is 0 Å². The second kappa shape index (κ2) is 6.97. The monoisotopic (exact) mass is 326 g/mol. The molecule has 3 rings (SSSR count). The molecule has 1 amide bonds. The molecular formula is C16H14N4O2S. The number of nitrogens with zero attached hydrogens (tertiary/aromatic N) is 3. The first-order chi connectivity index (χ1) is 11.2. The second-order valence-electron chi connectivity index (χ2n) is 4.77. The normalized spacial score (nSPS) is 10.3. The Bertz CT molecular complexity index is 787. The predicted octanol–water partition coefficient (Wildman–Crippen LogP) is 3.07. The number of hydrogen-bond donors (Lipinski definition) is 1. The van der Waals surface area contributed by atoms with Crippen LogP contribution in [-0.2, 0) is 6.61 Å². The topological polar surface area (TPSA) is 77.0 Å². The molecule has 0 spiro atoms. The van der Waals surface area contributed by atoms with Crippen molar-refractivity contribution in [3.8, 4) is 5.75 Å². The fourth-order valence-electron chi connectivity index (χ4n) is 1.80. The van der Waals surface area contributed by atoms with Gasteiger partial charge in [0.1, 0.15) is 18.1 Å². The maximum atomic E-state index is 12.0. The van der Waals surface area contributed by atoms with Crippen molar-refractivity contribution in [3.63, 3.8) is 0 Å². The number of benzene rings is 1. The van der Waals surface area contributed by atoms with Gasteiger partial charge in [-0.2, -0.15) is 0 Å². The third-order valence-electron chi connectivity index (χ3n) is 2.97. The van der Waals surface area contributed by atoms with E-state index in [-0.39, 0.29) is 5.91 Å². The van der Waals surface area contributed by atoms with E-state index in [4.69, 9.17) is 4.74 Å². The van der Waals surface area contributed by atoms with Crippen molar-refractivity contribution in [1.29, 1.82) is 0 Å². The minimum absolute atomic E-state index is 0.306. The van der Waals surface area contributed by atoms with E-state index in [1.165, 1.54) is 16.9 Å². The van der Waals surface area contributed by atoms with Crippen LogP contribution in [0.15, 0.2) is 48.7 Å². The zero-order chi connectivity index (χ0) is 16.1. The van der Waals surface area contributed by atoms with Crippen LogP contribution >= 0.6 is 11.3 Å². The number of anilines is 1. The van der Waals surface area contributed by atoms with E-state index < -0.39 is 0 Å².